The van der Waals surface area contributed by atoms with E-state index in [0.717, 1.165) is 30.1 Å². The van der Waals surface area contributed by atoms with Crippen LogP contribution in [0.4, 0.5) is 26.3 Å². The first-order valence-corrected chi connectivity index (χ1v) is 10.4. The van der Waals surface area contributed by atoms with Gasteiger partial charge in [-0.1, -0.05) is 0 Å². The van der Waals surface area contributed by atoms with E-state index >= 15 is 0 Å². The van der Waals surface area contributed by atoms with Gasteiger partial charge in [-0.3, -0.25) is 9.78 Å². The van der Waals surface area contributed by atoms with E-state index in [4.69, 9.17) is 4.42 Å². The van der Waals surface area contributed by atoms with E-state index in [2.05, 4.69) is 26.9 Å². The summed E-state index contributed by atoms with van der Waals surface area (Å²) >= 11 is 0. The summed E-state index contributed by atoms with van der Waals surface area (Å²) in [5.74, 6) is 0.921. The molecular weight excluding hydrogens is 468 g/mol. The molecule has 182 valence electrons. The summed E-state index contributed by atoms with van der Waals surface area (Å²) in [5.41, 5.74) is 4.67. The standard InChI is InChI=1S/C15H16N2O.C6H3F6N3O/c1-2-4-14-12(3-1)17-15(18-14)11-7-8-16-13(9-11)10-5-6-10;7-5(8,9)3-2(4(13)16)1-15(14-3)6(10,11)12/h7-10H,1-6H2;1H,(H2,13,16). The van der Waals surface area contributed by atoms with Crippen molar-refractivity contribution in [2.24, 2.45) is 5.73 Å². The van der Waals surface area contributed by atoms with Gasteiger partial charge in [-0.25, -0.2) is 4.98 Å². The maximum atomic E-state index is 12.2. The van der Waals surface area contributed by atoms with Crippen molar-refractivity contribution in [2.45, 2.75) is 56.9 Å². The molecule has 2 aliphatic carbocycles. The van der Waals surface area contributed by atoms with Crippen molar-refractivity contribution in [1.29, 1.82) is 0 Å². The summed E-state index contributed by atoms with van der Waals surface area (Å²) in [4.78, 5) is 19.6. The van der Waals surface area contributed by atoms with Gasteiger partial charge in [0.25, 0.3) is 5.91 Å². The van der Waals surface area contributed by atoms with E-state index < -0.39 is 34.3 Å². The molecule has 2 aliphatic rings. The summed E-state index contributed by atoms with van der Waals surface area (Å²) < 4.78 is 77.5. The minimum atomic E-state index is -5.18. The van der Waals surface area contributed by atoms with Crippen molar-refractivity contribution < 1.29 is 35.6 Å². The second kappa shape index (κ2) is 8.76. The molecule has 0 aliphatic heterocycles. The van der Waals surface area contributed by atoms with Gasteiger partial charge in [0.15, 0.2) is 5.69 Å². The lowest BCUT2D eigenvalue weighted by molar-refractivity contribution is -0.214. The number of rotatable bonds is 3. The summed E-state index contributed by atoms with van der Waals surface area (Å²) in [6, 6.07) is 4.15. The van der Waals surface area contributed by atoms with Gasteiger partial charge >= 0.3 is 12.5 Å². The predicted octanol–water partition coefficient (Wildman–Crippen LogP) is 4.97. The van der Waals surface area contributed by atoms with Gasteiger partial charge in [0.1, 0.15) is 5.76 Å². The first-order valence-electron chi connectivity index (χ1n) is 10.4. The van der Waals surface area contributed by atoms with E-state index in [1.807, 2.05) is 12.3 Å². The van der Waals surface area contributed by atoms with Gasteiger partial charge in [-0.05, 0) is 44.2 Å². The molecule has 2 N–H and O–H groups in total. The number of nitrogens with zero attached hydrogens (tertiary/aromatic N) is 4. The molecule has 13 heteroatoms. The van der Waals surface area contributed by atoms with Crippen molar-refractivity contribution >= 4 is 5.91 Å². The summed E-state index contributed by atoms with van der Waals surface area (Å²) in [7, 11) is 0. The molecule has 3 heterocycles. The molecule has 0 saturated heterocycles. The zero-order valence-corrected chi connectivity index (χ0v) is 17.6. The van der Waals surface area contributed by atoms with E-state index in [-0.39, 0.29) is 6.20 Å². The lowest BCUT2D eigenvalue weighted by Gasteiger charge is -2.05. The average Bonchev–Trinajstić information content (AvgIpc) is 3.33. The Morgan fingerprint density at radius 1 is 1.12 bits per heavy atom. The number of fused-ring (bicyclic) bond motifs is 1. The van der Waals surface area contributed by atoms with Crippen LogP contribution >= 0.6 is 0 Å². The number of aromatic nitrogens is 4. The third-order valence-electron chi connectivity index (χ3n) is 5.38. The van der Waals surface area contributed by atoms with Crippen LogP contribution in [-0.4, -0.2) is 25.7 Å². The van der Waals surface area contributed by atoms with Crippen LogP contribution in [-0.2, 0) is 25.3 Å². The highest BCUT2D eigenvalue weighted by Crippen LogP contribution is 2.40. The van der Waals surface area contributed by atoms with Crippen LogP contribution in [0.5, 0.6) is 0 Å². The number of nitrogens with two attached hydrogens (primary N) is 1. The molecule has 0 atom stereocenters. The van der Waals surface area contributed by atoms with Gasteiger partial charge in [0.05, 0.1) is 11.3 Å². The Morgan fingerprint density at radius 2 is 1.82 bits per heavy atom. The number of primary amides is 1. The molecule has 3 aromatic heterocycles. The molecular formula is C21H19F6N5O2. The normalized spacial score (nSPS) is 15.9. The van der Waals surface area contributed by atoms with Crippen LogP contribution in [0.1, 0.15) is 64.8 Å². The molecule has 0 bridgehead atoms. The van der Waals surface area contributed by atoms with Crippen molar-refractivity contribution in [3.63, 3.8) is 0 Å². The summed E-state index contributed by atoms with van der Waals surface area (Å²) in [5, 5.41) is 2.24. The van der Waals surface area contributed by atoms with Crippen LogP contribution in [0.2, 0.25) is 0 Å². The lowest BCUT2D eigenvalue weighted by atomic mass is 10.0. The topological polar surface area (TPSA) is 99.8 Å². The van der Waals surface area contributed by atoms with Gasteiger partial charge in [-0.2, -0.15) is 23.0 Å². The van der Waals surface area contributed by atoms with E-state index in [1.165, 1.54) is 37.1 Å². The van der Waals surface area contributed by atoms with Crippen molar-refractivity contribution in [1.82, 2.24) is 19.7 Å². The molecule has 0 spiro atoms. The number of alkyl halides is 6. The second-order valence-electron chi connectivity index (χ2n) is 8.01. The number of aryl methyl sites for hydroxylation is 2. The Balaban J connectivity index is 0.000000163. The molecule has 1 saturated carbocycles. The van der Waals surface area contributed by atoms with E-state index in [0.29, 0.717) is 5.92 Å². The Bertz CT molecular complexity index is 1170. The number of carbonyl (C=O) groups excluding carboxylic acids is 1. The number of amides is 1. The van der Waals surface area contributed by atoms with Crippen molar-refractivity contribution in [3.8, 4) is 11.5 Å². The molecule has 0 radical (unpaired) electrons. The quantitative estimate of drug-likeness (QED) is 0.526. The monoisotopic (exact) mass is 487 g/mol. The van der Waals surface area contributed by atoms with Gasteiger partial charge in [-0.15, -0.1) is 13.2 Å². The SMILES string of the molecule is NC(=O)c1cn(C(F)(F)F)nc1C(F)(F)F.c1cc(-c2nc3c(o2)CCCC3)cc(C2CC2)n1. The highest BCUT2D eigenvalue weighted by atomic mass is 19.4. The fraction of sp³-hybridized carbons (Fsp3) is 0.429. The zero-order chi connectivity index (χ0) is 24.7. The first kappa shape index (κ1) is 23.8. The Kier molecular flexibility index (Phi) is 6.13. The minimum absolute atomic E-state index is 0.106. The second-order valence-corrected chi connectivity index (χ2v) is 8.01. The van der Waals surface area contributed by atoms with Crippen LogP contribution in [0.3, 0.4) is 0 Å². The third kappa shape index (κ3) is 5.23. The van der Waals surface area contributed by atoms with Crippen molar-refractivity contribution in [2.75, 3.05) is 0 Å². The van der Waals surface area contributed by atoms with Crippen molar-refractivity contribution in [3.05, 3.63) is 52.9 Å². The van der Waals surface area contributed by atoms with Gasteiger partial charge < -0.3 is 10.2 Å². The fourth-order valence-corrected chi connectivity index (χ4v) is 3.55. The largest absolute Gasteiger partial charge is 0.504 e. The molecule has 34 heavy (non-hydrogen) atoms. The van der Waals surface area contributed by atoms with E-state index in [1.54, 1.807) is 0 Å². The predicted molar refractivity (Wildman–Crippen MR) is 105 cm³/mol. The summed E-state index contributed by atoms with van der Waals surface area (Å²) in [6.45, 7) is 0. The number of pyridine rings is 1. The zero-order valence-electron chi connectivity index (χ0n) is 17.6. The molecule has 3 aromatic rings. The smallest absolute Gasteiger partial charge is 0.441 e. The number of oxazole rings is 1. The molecule has 7 nitrogen and oxygen atoms in total. The molecule has 1 fully saturated rings. The molecule has 5 rings (SSSR count). The Hall–Kier alpha value is -3.38. The molecule has 0 aromatic carbocycles. The third-order valence-corrected chi connectivity index (χ3v) is 5.38. The van der Waals surface area contributed by atoms with Crippen LogP contribution in [0.15, 0.2) is 28.9 Å². The maximum absolute atomic E-state index is 12.2. The molecule has 0 unspecified atom stereocenters. The van der Waals surface area contributed by atoms with Crippen LogP contribution in [0, 0.1) is 0 Å². The highest BCUT2D eigenvalue weighted by Gasteiger charge is 2.42. The summed E-state index contributed by atoms with van der Waals surface area (Å²) in [6.07, 6.45) is -1.42. The van der Waals surface area contributed by atoms with Crippen LogP contribution < -0.4 is 5.73 Å². The fourth-order valence-electron chi connectivity index (χ4n) is 3.55. The van der Waals surface area contributed by atoms with E-state index in [9.17, 15) is 31.1 Å². The maximum Gasteiger partial charge on any atom is 0.504 e. The lowest BCUT2D eigenvalue weighted by Crippen LogP contribution is -2.19. The average molecular weight is 487 g/mol. The molecule has 1 amide bonds. The Labute approximate surface area is 189 Å². The highest BCUT2D eigenvalue weighted by molar-refractivity contribution is 5.93. The Morgan fingerprint density at radius 3 is 2.38 bits per heavy atom. The van der Waals surface area contributed by atoms with Crippen LogP contribution in [0.25, 0.3) is 11.5 Å². The number of hydrogen-bond acceptors (Lipinski definition) is 5. The minimum Gasteiger partial charge on any atom is -0.441 e. The number of halogens is 6. The number of carbonyl (C=O) groups is 1. The first-order chi connectivity index (χ1) is 15.9. The van der Waals surface area contributed by atoms with Gasteiger partial charge in [0, 0.05) is 36.0 Å². The van der Waals surface area contributed by atoms with Gasteiger partial charge in [0.2, 0.25) is 5.89 Å². The number of hydrogen-bond donors (Lipinski definition) is 1.